The van der Waals surface area contributed by atoms with Gasteiger partial charge in [0.05, 0.1) is 23.1 Å². The number of para-hydroxylation sites is 1. The predicted molar refractivity (Wildman–Crippen MR) is 120 cm³/mol. The van der Waals surface area contributed by atoms with E-state index in [0.717, 1.165) is 5.56 Å². The van der Waals surface area contributed by atoms with Crippen LogP contribution in [0.15, 0.2) is 53.4 Å². The molecule has 172 valence electrons. The second kappa shape index (κ2) is 10.5. The van der Waals surface area contributed by atoms with Crippen LogP contribution in [0.5, 0.6) is 5.75 Å². The Hall–Kier alpha value is -3.07. The van der Waals surface area contributed by atoms with E-state index in [0.29, 0.717) is 44.0 Å². The van der Waals surface area contributed by atoms with Gasteiger partial charge in [0.2, 0.25) is 0 Å². The van der Waals surface area contributed by atoms with E-state index in [4.69, 9.17) is 9.47 Å². The van der Waals surface area contributed by atoms with E-state index in [9.17, 15) is 18.0 Å². The molecule has 2 aromatic rings. The Bertz CT molecular complexity index is 1040. The van der Waals surface area contributed by atoms with Crippen molar-refractivity contribution in [1.82, 2.24) is 4.90 Å². The van der Waals surface area contributed by atoms with E-state index in [1.54, 1.807) is 24.0 Å². The Morgan fingerprint density at radius 3 is 2.34 bits per heavy atom. The lowest BCUT2D eigenvalue weighted by Gasteiger charge is -2.30. The summed E-state index contributed by atoms with van der Waals surface area (Å²) < 4.78 is 38.4. The summed E-state index contributed by atoms with van der Waals surface area (Å²) in [6, 6.07) is 13.0. The number of sulfonamides is 1. The van der Waals surface area contributed by atoms with Crippen LogP contribution in [-0.2, 0) is 24.3 Å². The number of carbonyl (C=O) groups is 2. The third kappa shape index (κ3) is 6.00. The molecule has 1 amide bonds. The number of likely N-dealkylation sites (tertiary alicyclic amines) is 1. The number of carbonyl (C=O) groups excluding carboxylic acids is 2. The molecular formula is C23H28N2O6S. The summed E-state index contributed by atoms with van der Waals surface area (Å²) in [6.45, 7) is 4.76. The van der Waals surface area contributed by atoms with Crippen LogP contribution in [0.25, 0.3) is 0 Å². The maximum atomic E-state index is 12.6. The first-order valence-electron chi connectivity index (χ1n) is 10.6. The summed E-state index contributed by atoms with van der Waals surface area (Å²) in [5.41, 5.74) is 1.34. The van der Waals surface area contributed by atoms with Crippen LogP contribution >= 0.6 is 0 Å². The van der Waals surface area contributed by atoms with Gasteiger partial charge in [-0.1, -0.05) is 18.2 Å². The zero-order chi connectivity index (χ0) is 23.1. The van der Waals surface area contributed by atoms with Crippen molar-refractivity contribution >= 4 is 27.6 Å². The van der Waals surface area contributed by atoms with E-state index < -0.39 is 10.0 Å². The highest BCUT2D eigenvalue weighted by Gasteiger charge is 2.28. The fourth-order valence-electron chi connectivity index (χ4n) is 3.47. The number of hydrogen-bond acceptors (Lipinski definition) is 6. The second-order valence-corrected chi connectivity index (χ2v) is 9.27. The number of amides is 1. The summed E-state index contributed by atoms with van der Waals surface area (Å²) in [4.78, 5) is 26.0. The van der Waals surface area contributed by atoms with Gasteiger partial charge in [-0.15, -0.1) is 0 Å². The van der Waals surface area contributed by atoms with E-state index >= 15 is 0 Å². The molecule has 0 spiro atoms. The molecule has 1 N–H and O–H groups in total. The summed E-state index contributed by atoms with van der Waals surface area (Å²) in [7, 11) is -3.74. The monoisotopic (exact) mass is 460 g/mol. The minimum Gasteiger partial charge on any atom is -0.484 e. The average Bonchev–Trinajstić information content (AvgIpc) is 2.79. The van der Waals surface area contributed by atoms with Crippen LogP contribution in [-0.4, -0.2) is 51.5 Å². The number of hydrogen-bond donors (Lipinski definition) is 1. The number of esters is 1. The lowest BCUT2D eigenvalue weighted by Crippen LogP contribution is -2.42. The molecule has 2 aromatic carbocycles. The first kappa shape index (κ1) is 23.6. The van der Waals surface area contributed by atoms with Gasteiger partial charge in [-0.2, -0.15) is 0 Å². The molecular weight excluding hydrogens is 432 g/mol. The molecule has 0 aliphatic carbocycles. The maximum Gasteiger partial charge on any atom is 0.309 e. The van der Waals surface area contributed by atoms with E-state index in [2.05, 4.69) is 4.72 Å². The number of ether oxygens (including phenoxy) is 2. The molecule has 0 unspecified atom stereocenters. The number of piperidine rings is 1. The van der Waals surface area contributed by atoms with Crippen molar-refractivity contribution in [3.8, 4) is 5.75 Å². The number of anilines is 1. The van der Waals surface area contributed by atoms with E-state index in [1.807, 2.05) is 19.1 Å². The topological polar surface area (TPSA) is 102 Å². The first-order valence-corrected chi connectivity index (χ1v) is 12.0. The number of nitrogens with one attached hydrogen (secondary N) is 1. The van der Waals surface area contributed by atoms with Crippen LogP contribution in [0, 0.1) is 12.8 Å². The Morgan fingerprint density at radius 1 is 1.06 bits per heavy atom. The van der Waals surface area contributed by atoms with Crippen molar-refractivity contribution in [2.45, 2.75) is 31.6 Å². The van der Waals surface area contributed by atoms with Crippen molar-refractivity contribution < 1.29 is 27.5 Å². The Kier molecular flexibility index (Phi) is 7.74. The van der Waals surface area contributed by atoms with Gasteiger partial charge in [0.25, 0.3) is 15.9 Å². The highest BCUT2D eigenvalue weighted by Crippen LogP contribution is 2.22. The quantitative estimate of drug-likeness (QED) is 0.608. The van der Waals surface area contributed by atoms with Crippen molar-refractivity contribution in [1.29, 1.82) is 0 Å². The zero-order valence-electron chi connectivity index (χ0n) is 18.2. The first-order chi connectivity index (χ1) is 15.3. The van der Waals surface area contributed by atoms with Gasteiger partial charge in [-0.3, -0.25) is 14.3 Å². The average molecular weight is 461 g/mol. The van der Waals surface area contributed by atoms with Crippen molar-refractivity contribution in [2.75, 3.05) is 31.0 Å². The summed E-state index contributed by atoms with van der Waals surface area (Å²) in [5.74, 6) is -0.148. The Balaban J connectivity index is 1.51. The fraction of sp³-hybridized carbons (Fsp3) is 0.391. The van der Waals surface area contributed by atoms with Crippen molar-refractivity contribution in [3.63, 3.8) is 0 Å². The molecule has 1 aliphatic heterocycles. The molecule has 1 saturated heterocycles. The number of aryl methyl sites for hydroxylation is 1. The summed E-state index contributed by atoms with van der Waals surface area (Å²) in [5, 5.41) is 0. The molecule has 0 bridgehead atoms. The van der Waals surface area contributed by atoms with Crippen molar-refractivity contribution in [3.05, 3.63) is 54.1 Å². The summed E-state index contributed by atoms with van der Waals surface area (Å²) >= 11 is 0. The molecule has 1 aliphatic rings. The molecule has 0 atom stereocenters. The highest BCUT2D eigenvalue weighted by atomic mass is 32.2. The molecule has 9 heteroatoms. The molecule has 1 heterocycles. The van der Waals surface area contributed by atoms with Crippen LogP contribution in [0.4, 0.5) is 5.69 Å². The standard InChI is InChI=1S/C23H28N2O6S/c1-3-30-23(27)18-12-14-25(15-13-18)22(26)16-31-19-8-10-20(11-9-19)32(28,29)24-21-7-5-4-6-17(21)2/h4-11,18,24H,3,12-16H2,1-2H3. The molecule has 1 fully saturated rings. The Labute approximate surface area is 188 Å². The van der Waals surface area contributed by atoms with Crippen LogP contribution < -0.4 is 9.46 Å². The molecule has 0 saturated carbocycles. The van der Waals surface area contributed by atoms with Gasteiger partial charge < -0.3 is 14.4 Å². The number of nitrogens with zero attached hydrogens (tertiary/aromatic N) is 1. The van der Waals surface area contributed by atoms with Gasteiger partial charge in [-0.25, -0.2) is 8.42 Å². The van der Waals surface area contributed by atoms with Gasteiger partial charge in [-0.05, 0) is 62.6 Å². The normalized spacial score (nSPS) is 14.6. The lowest BCUT2D eigenvalue weighted by molar-refractivity contribution is -0.151. The SMILES string of the molecule is CCOC(=O)C1CCN(C(=O)COc2ccc(S(=O)(=O)Nc3ccccc3C)cc2)CC1. The third-order valence-electron chi connectivity index (χ3n) is 5.35. The van der Waals surface area contributed by atoms with Crippen LogP contribution in [0.1, 0.15) is 25.3 Å². The Morgan fingerprint density at radius 2 is 1.72 bits per heavy atom. The minimum absolute atomic E-state index is 0.0977. The zero-order valence-corrected chi connectivity index (χ0v) is 19.1. The van der Waals surface area contributed by atoms with Gasteiger partial charge in [0.1, 0.15) is 5.75 Å². The van der Waals surface area contributed by atoms with E-state index in [1.165, 1.54) is 24.3 Å². The fourth-order valence-corrected chi connectivity index (χ4v) is 4.60. The van der Waals surface area contributed by atoms with Crippen LogP contribution in [0.2, 0.25) is 0 Å². The molecule has 8 nitrogen and oxygen atoms in total. The number of benzene rings is 2. The van der Waals surface area contributed by atoms with Crippen LogP contribution in [0.3, 0.4) is 0 Å². The van der Waals surface area contributed by atoms with Gasteiger partial charge in [0.15, 0.2) is 6.61 Å². The smallest absolute Gasteiger partial charge is 0.309 e. The predicted octanol–water partition coefficient (Wildman–Crippen LogP) is 2.98. The molecule has 32 heavy (non-hydrogen) atoms. The maximum absolute atomic E-state index is 12.6. The molecule has 0 aromatic heterocycles. The largest absolute Gasteiger partial charge is 0.484 e. The minimum atomic E-state index is -3.74. The number of rotatable bonds is 8. The second-order valence-electron chi connectivity index (χ2n) is 7.59. The van der Waals surface area contributed by atoms with Crippen molar-refractivity contribution in [2.24, 2.45) is 5.92 Å². The molecule has 3 rings (SSSR count). The van der Waals surface area contributed by atoms with Gasteiger partial charge >= 0.3 is 5.97 Å². The highest BCUT2D eigenvalue weighted by molar-refractivity contribution is 7.92. The molecule has 0 radical (unpaired) electrons. The lowest BCUT2D eigenvalue weighted by atomic mass is 9.97. The van der Waals surface area contributed by atoms with Gasteiger partial charge in [0, 0.05) is 13.1 Å². The summed E-state index contributed by atoms with van der Waals surface area (Å²) in [6.07, 6.45) is 1.15. The van der Waals surface area contributed by atoms with E-state index in [-0.39, 0.29) is 29.3 Å². The third-order valence-corrected chi connectivity index (χ3v) is 6.73.